The number of aromatic nitrogens is 4. The van der Waals surface area contributed by atoms with Gasteiger partial charge in [-0.15, -0.1) is 5.10 Å². The fourth-order valence-corrected chi connectivity index (χ4v) is 3.42. The summed E-state index contributed by atoms with van der Waals surface area (Å²) in [5, 5.41) is 9.88. The van der Waals surface area contributed by atoms with E-state index in [4.69, 9.17) is 0 Å². The second-order valence-electron chi connectivity index (χ2n) is 6.38. The third kappa shape index (κ3) is 2.56. The van der Waals surface area contributed by atoms with Gasteiger partial charge in [-0.2, -0.15) is 5.10 Å². The second-order valence-corrected chi connectivity index (χ2v) is 6.38. The van der Waals surface area contributed by atoms with Gasteiger partial charge in [0.1, 0.15) is 5.65 Å². The minimum absolute atomic E-state index is 0.587. The molecule has 1 fully saturated rings. The summed E-state index contributed by atoms with van der Waals surface area (Å²) < 4.78 is 0. The Hall–Kier alpha value is -2.43. The van der Waals surface area contributed by atoms with Gasteiger partial charge in [0.25, 0.3) is 0 Å². The lowest BCUT2D eigenvalue weighted by molar-refractivity contribution is 0.503. The molecule has 1 aliphatic rings. The zero-order valence-electron chi connectivity index (χ0n) is 13.6. The van der Waals surface area contributed by atoms with Gasteiger partial charge < -0.3 is 9.88 Å². The number of fused-ring (bicyclic) bond motifs is 1. The van der Waals surface area contributed by atoms with Crippen LogP contribution in [0.2, 0.25) is 0 Å². The number of nitrogens with one attached hydrogen (secondary N) is 1. The zero-order chi connectivity index (χ0) is 15.8. The summed E-state index contributed by atoms with van der Waals surface area (Å²) in [6.07, 6.45) is 6.24. The Morgan fingerprint density at radius 2 is 2.00 bits per heavy atom. The lowest BCUT2D eigenvalue weighted by atomic mass is 9.89. The lowest BCUT2D eigenvalue weighted by Crippen LogP contribution is -2.33. The molecule has 0 spiro atoms. The maximum Gasteiger partial charge on any atom is 0.151 e. The first-order chi connectivity index (χ1) is 11.2. The summed E-state index contributed by atoms with van der Waals surface area (Å²) >= 11 is 0. The number of hydrogen-bond acceptors (Lipinski definition) is 4. The van der Waals surface area contributed by atoms with Gasteiger partial charge in [-0.1, -0.05) is 0 Å². The van der Waals surface area contributed by atoms with Crippen LogP contribution in [0.3, 0.4) is 0 Å². The fourth-order valence-electron chi connectivity index (χ4n) is 3.42. The second kappa shape index (κ2) is 5.65. The van der Waals surface area contributed by atoms with Crippen LogP contribution in [0.15, 0.2) is 30.6 Å². The smallest absolute Gasteiger partial charge is 0.151 e. The van der Waals surface area contributed by atoms with E-state index < -0.39 is 0 Å². The number of pyridine rings is 1. The van der Waals surface area contributed by atoms with Gasteiger partial charge in [-0.25, -0.2) is 4.98 Å². The lowest BCUT2D eigenvalue weighted by Gasteiger charge is -2.32. The van der Waals surface area contributed by atoms with Crippen LogP contribution >= 0.6 is 0 Å². The van der Waals surface area contributed by atoms with Crippen LogP contribution in [0.5, 0.6) is 0 Å². The van der Waals surface area contributed by atoms with Crippen molar-refractivity contribution in [3.8, 4) is 0 Å². The third-order valence-corrected chi connectivity index (χ3v) is 4.96. The van der Waals surface area contributed by atoms with Crippen molar-refractivity contribution in [1.29, 1.82) is 0 Å². The number of rotatable bonds is 2. The molecule has 3 aromatic heterocycles. The normalized spacial score (nSPS) is 16.2. The summed E-state index contributed by atoms with van der Waals surface area (Å²) in [5.74, 6) is 1.59. The van der Waals surface area contributed by atoms with Crippen molar-refractivity contribution in [1.82, 2.24) is 20.2 Å². The Labute approximate surface area is 135 Å². The Balaban J connectivity index is 1.51. The molecular weight excluding hydrogens is 286 g/mol. The molecule has 0 radical (unpaired) electrons. The molecule has 0 bridgehead atoms. The molecule has 1 aliphatic heterocycles. The van der Waals surface area contributed by atoms with Gasteiger partial charge >= 0.3 is 0 Å². The number of H-pyrrole nitrogens is 1. The first-order valence-corrected chi connectivity index (χ1v) is 8.20. The first kappa shape index (κ1) is 14.2. The fraction of sp³-hybridized carbons (Fsp3) is 0.389. The van der Waals surface area contributed by atoms with Gasteiger partial charge in [0.15, 0.2) is 5.82 Å². The van der Waals surface area contributed by atoms with E-state index in [0.717, 1.165) is 43.1 Å². The van der Waals surface area contributed by atoms with E-state index in [2.05, 4.69) is 50.3 Å². The Kier molecular flexibility index (Phi) is 3.48. The summed E-state index contributed by atoms with van der Waals surface area (Å²) in [7, 11) is 0. The van der Waals surface area contributed by atoms with Crippen molar-refractivity contribution in [2.24, 2.45) is 0 Å². The number of aryl methyl sites for hydroxylation is 2. The average molecular weight is 307 g/mol. The molecule has 1 N–H and O–H groups in total. The van der Waals surface area contributed by atoms with Gasteiger partial charge in [-0.3, -0.25) is 0 Å². The number of aromatic amines is 1. The Bertz CT molecular complexity index is 830. The molecule has 0 aromatic carbocycles. The van der Waals surface area contributed by atoms with E-state index in [0.29, 0.717) is 5.92 Å². The minimum Gasteiger partial charge on any atom is -0.355 e. The van der Waals surface area contributed by atoms with Crippen molar-refractivity contribution in [2.45, 2.75) is 32.6 Å². The third-order valence-electron chi connectivity index (χ3n) is 4.96. The molecule has 118 valence electrons. The average Bonchev–Trinajstić information content (AvgIpc) is 3.02. The van der Waals surface area contributed by atoms with Crippen LogP contribution in [0, 0.1) is 13.8 Å². The molecule has 5 nitrogen and oxygen atoms in total. The molecule has 23 heavy (non-hydrogen) atoms. The van der Waals surface area contributed by atoms with Crippen LogP contribution in [-0.4, -0.2) is 33.3 Å². The molecule has 0 unspecified atom stereocenters. The minimum atomic E-state index is 0.587. The zero-order valence-corrected chi connectivity index (χ0v) is 13.6. The summed E-state index contributed by atoms with van der Waals surface area (Å²) in [4.78, 5) is 10.0. The summed E-state index contributed by atoms with van der Waals surface area (Å²) in [6.45, 7) is 6.15. The van der Waals surface area contributed by atoms with Crippen LogP contribution in [0.25, 0.3) is 11.0 Å². The molecule has 0 amide bonds. The van der Waals surface area contributed by atoms with Crippen LogP contribution in [-0.2, 0) is 0 Å². The largest absolute Gasteiger partial charge is 0.355 e. The van der Waals surface area contributed by atoms with Crippen LogP contribution in [0.1, 0.15) is 35.6 Å². The SMILES string of the molecule is Cc1cc(N2CCC(c3c[nH]c4ncccc34)CC2)nnc1C. The molecule has 5 heteroatoms. The monoisotopic (exact) mass is 307 g/mol. The topological polar surface area (TPSA) is 57.7 Å². The van der Waals surface area contributed by atoms with Crippen LogP contribution < -0.4 is 4.90 Å². The number of hydrogen-bond donors (Lipinski definition) is 1. The van der Waals surface area contributed by atoms with Crippen molar-refractivity contribution in [3.63, 3.8) is 0 Å². The predicted molar refractivity (Wildman–Crippen MR) is 91.8 cm³/mol. The standard InChI is InChI=1S/C18H21N5/c1-12-10-17(22-21-13(12)2)23-8-5-14(6-9-23)16-11-20-18-15(16)4-3-7-19-18/h3-4,7,10-11,14H,5-6,8-9H2,1-2H3,(H,19,20). The van der Waals surface area contributed by atoms with Crippen molar-refractivity contribution >= 4 is 16.9 Å². The van der Waals surface area contributed by atoms with Gasteiger partial charge in [0.2, 0.25) is 0 Å². The molecule has 4 heterocycles. The van der Waals surface area contributed by atoms with E-state index in [9.17, 15) is 0 Å². The van der Waals surface area contributed by atoms with Gasteiger partial charge in [0, 0.05) is 30.9 Å². The maximum atomic E-state index is 4.39. The Morgan fingerprint density at radius 3 is 2.78 bits per heavy atom. The summed E-state index contributed by atoms with van der Waals surface area (Å²) in [5.41, 5.74) is 4.61. The number of anilines is 1. The Morgan fingerprint density at radius 1 is 1.17 bits per heavy atom. The highest BCUT2D eigenvalue weighted by atomic mass is 15.3. The van der Waals surface area contributed by atoms with Crippen LogP contribution in [0.4, 0.5) is 5.82 Å². The highest BCUT2D eigenvalue weighted by Crippen LogP contribution is 2.33. The quantitative estimate of drug-likeness (QED) is 0.789. The highest BCUT2D eigenvalue weighted by Gasteiger charge is 2.24. The summed E-state index contributed by atoms with van der Waals surface area (Å²) in [6, 6.07) is 6.33. The highest BCUT2D eigenvalue weighted by molar-refractivity contribution is 5.80. The van der Waals surface area contributed by atoms with Gasteiger partial charge in [-0.05, 0) is 61.9 Å². The molecule has 3 aromatic rings. The van der Waals surface area contributed by atoms with Crippen molar-refractivity contribution in [3.05, 3.63) is 47.4 Å². The number of piperidine rings is 1. The molecule has 1 saturated heterocycles. The van der Waals surface area contributed by atoms with E-state index in [1.165, 1.54) is 16.5 Å². The van der Waals surface area contributed by atoms with Crippen molar-refractivity contribution in [2.75, 3.05) is 18.0 Å². The number of nitrogens with zero attached hydrogens (tertiary/aromatic N) is 4. The van der Waals surface area contributed by atoms with Crippen molar-refractivity contribution < 1.29 is 0 Å². The first-order valence-electron chi connectivity index (χ1n) is 8.20. The van der Waals surface area contributed by atoms with E-state index in [1.54, 1.807) is 0 Å². The van der Waals surface area contributed by atoms with E-state index in [-0.39, 0.29) is 0 Å². The maximum absolute atomic E-state index is 4.39. The molecular formula is C18H21N5. The predicted octanol–water partition coefficient (Wildman–Crippen LogP) is 3.35. The van der Waals surface area contributed by atoms with E-state index in [1.807, 2.05) is 19.2 Å². The molecule has 4 rings (SSSR count). The molecule has 0 atom stereocenters. The molecule has 0 saturated carbocycles. The molecule has 0 aliphatic carbocycles. The van der Waals surface area contributed by atoms with E-state index >= 15 is 0 Å². The van der Waals surface area contributed by atoms with Gasteiger partial charge in [0.05, 0.1) is 5.69 Å².